The van der Waals surface area contributed by atoms with Crippen molar-refractivity contribution >= 4 is 24.1 Å². The summed E-state index contributed by atoms with van der Waals surface area (Å²) in [6.45, 7) is 3.34. The molecule has 2 N–H and O–H groups in total. The predicted octanol–water partition coefficient (Wildman–Crippen LogP) is 1.94. The summed E-state index contributed by atoms with van der Waals surface area (Å²) < 4.78 is 5.21. The van der Waals surface area contributed by atoms with Crippen LogP contribution in [0.25, 0.3) is 0 Å². The quantitative estimate of drug-likeness (QED) is 0.873. The first-order chi connectivity index (χ1) is 8.81. The molecule has 0 radical (unpaired) electrons. The molecule has 1 aromatic carbocycles. The summed E-state index contributed by atoms with van der Waals surface area (Å²) in [4.78, 5) is 13.9. The number of methoxy groups -OCH3 is 1. The molecule has 1 aliphatic rings. The first-order valence-corrected chi connectivity index (χ1v) is 6.21. The molecule has 0 aromatic heterocycles. The summed E-state index contributed by atoms with van der Waals surface area (Å²) in [7, 11) is 1.60. The van der Waals surface area contributed by atoms with Crippen molar-refractivity contribution in [2.45, 2.75) is 6.42 Å². The fraction of sp³-hybridized carbons (Fsp3) is 0.462. The Bertz CT molecular complexity index is 407. The number of carbonyl (C=O) groups excluding carboxylic acids is 1. The topological polar surface area (TPSA) is 53.6 Å². The van der Waals surface area contributed by atoms with Crippen molar-refractivity contribution in [1.29, 1.82) is 0 Å². The maximum atomic E-state index is 12.1. The van der Waals surface area contributed by atoms with Crippen molar-refractivity contribution in [2.24, 2.45) is 0 Å². The largest absolute Gasteiger partial charge is 0.495 e. The van der Waals surface area contributed by atoms with Crippen molar-refractivity contribution in [1.82, 2.24) is 10.2 Å². The molecule has 1 saturated heterocycles. The Morgan fingerprint density at radius 1 is 1.32 bits per heavy atom. The van der Waals surface area contributed by atoms with Crippen molar-refractivity contribution in [3.63, 3.8) is 0 Å². The molecule has 106 valence electrons. The molecule has 1 aliphatic heterocycles. The zero-order valence-corrected chi connectivity index (χ0v) is 11.8. The number of rotatable bonds is 2. The molecular weight excluding hydrogens is 266 g/mol. The lowest BCUT2D eigenvalue weighted by Gasteiger charge is -2.21. The summed E-state index contributed by atoms with van der Waals surface area (Å²) in [5.41, 5.74) is 0.710. The Morgan fingerprint density at radius 3 is 2.89 bits per heavy atom. The van der Waals surface area contributed by atoms with E-state index in [1.807, 2.05) is 29.2 Å². The highest BCUT2D eigenvalue weighted by Gasteiger charge is 2.16. The van der Waals surface area contributed by atoms with Gasteiger partial charge < -0.3 is 20.3 Å². The highest BCUT2D eigenvalue weighted by molar-refractivity contribution is 5.91. The summed E-state index contributed by atoms with van der Waals surface area (Å²) >= 11 is 0. The second-order valence-corrected chi connectivity index (χ2v) is 4.22. The maximum absolute atomic E-state index is 12.1. The van der Waals surface area contributed by atoms with E-state index in [0.29, 0.717) is 11.4 Å². The number of amides is 2. The first kappa shape index (κ1) is 15.6. The minimum atomic E-state index is -0.0665. The SMILES string of the molecule is COc1ccccc1NC(=O)N1CCCNCC1.Cl. The van der Waals surface area contributed by atoms with E-state index in [0.717, 1.165) is 32.6 Å². The van der Waals surface area contributed by atoms with Gasteiger partial charge in [-0.2, -0.15) is 0 Å². The third-order valence-corrected chi connectivity index (χ3v) is 2.98. The van der Waals surface area contributed by atoms with Gasteiger partial charge in [-0.25, -0.2) is 4.79 Å². The van der Waals surface area contributed by atoms with Gasteiger partial charge in [0.15, 0.2) is 0 Å². The number of benzene rings is 1. The third kappa shape index (κ3) is 4.29. The van der Waals surface area contributed by atoms with E-state index in [-0.39, 0.29) is 18.4 Å². The summed E-state index contributed by atoms with van der Waals surface area (Å²) in [5, 5.41) is 6.17. The maximum Gasteiger partial charge on any atom is 0.321 e. The Morgan fingerprint density at radius 2 is 2.11 bits per heavy atom. The average Bonchev–Trinajstić information content (AvgIpc) is 2.68. The molecule has 1 heterocycles. The van der Waals surface area contributed by atoms with Gasteiger partial charge in [-0.15, -0.1) is 12.4 Å². The monoisotopic (exact) mass is 285 g/mol. The van der Waals surface area contributed by atoms with Crippen LogP contribution in [0.4, 0.5) is 10.5 Å². The Balaban J connectivity index is 0.00000180. The lowest BCUT2D eigenvalue weighted by atomic mass is 10.3. The molecule has 0 atom stereocenters. The van der Waals surface area contributed by atoms with Gasteiger partial charge in [0.2, 0.25) is 0 Å². The van der Waals surface area contributed by atoms with E-state index in [4.69, 9.17) is 4.74 Å². The molecule has 0 unspecified atom stereocenters. The zero-order valence-electron chi connectivity index (χ0n) is 11.0. The van der Waals surface area contributed by atoms with Gasteiger partial charge in [0.25, 0.3) is 0 Å². The number of urea groups is 1. The fourth-order valence-electron chi connectivity index (χ4n) is 1.99. The molecule has 2 amide bonds. The van der Waals surface area contributed by atoms with Crippen LogP contribution in [0.3, 0.4) is 0 Å². The van der Waals surface area contributed by atoms with E-state index in [1.165, 1.54) is 0 Å². The highest BCUT2D eigenvalue weighted by atomic mass is 35.5. The van der Waals surface area contributed by atoms with Gasteiger partial charge in [0.05, 0.1) is 12.8 Å². The van der Waals surface area contributed by atoms with Gasteiger partial charge >= 0.3 is 6.03 Å². The van der Waals surface area contributed by atoms with Gasteiger partial charge in [0, 0.05) is 19.6 Å². The molecule has 0 aliphatic carbocycles. The Kier molecular flexibility index (Phi) is 6.45. The van der Waals surface area contributed by atoms with Crippen LogP contribution < -0.4 is 15.4 Å². The van der Waals surface area contributed by atoms with Crippen molar-refractivity contribution < 1.29 is 9.53 Å². The van der Waals surface area contributed by atoms with Crippen LogP contribution in [-0.4, -0.2) is 44.2 Å². The third-order valence-electron chi connectivity index (χ3n) is 2.98. The highest BCUT2D eigenvalue weighted by Crippen LogP contribution is 2.23. The van der Waals surface area contributed by atoms with Crippen LogP contribution in [0.15, 0.2) is 24.3 Å². The summed E-state index contributed by atoms with van der Waals surface area (Å²) in [6, 6.07) is 7.36. The summed E-state index contributed by atoms with van der Waals surface area (Å²) in [6.07, 6.45) is 0.985. The second-order valence-electron chi connectivity index (χ2n) is 4.22. The fourth-order valence-corrected chi connectivity index (χ4v) is 1.99. The van der Waals surface area contributed by atoms with E-state index in [2.05, 4.69) is 10.6 Å². The normalized spacial score (nSPS) is 15.1. The van der Waals surface area contributed by atoms with E-state index in [9.17, 15) is 4.79 Å². The van der Waals surface area contributed by atoms with E-state index < -0.39 is 0 Å². The first-order valence-electron chi connectivity index (χ1n) is 6.21. The van der Waals surface area contributed by atoms with Gasteiger partial charge in [-0.3, -0.25) is 0 Å². The number of nitrogens with one attached hydrogen (secondary N) is 2. The number of hydrogen-bond acceptors (Lipinski definition) is 3. The van der Waals surface area contributed by atoms with E-state index >= 15 is 0 Å². The molecule has 5 nitrogen and oxygen atoms in total. The van der Waals surface area contributed by atoms with Crippen molar-refractivity contribution in [3.8, 4) is 5.75 Å². The number of carbonyl (C=O) groups is 1. The summed E-state index contributed by atoms with van der Waals surface area (Å²) in [5.74, 6) is 0.679. The van der Waals surface area contributed by atoms with Crippen LogP contribution in [0, 0.1) is 0 Å². The number of ether oxygens (including phenoxy) is 1. The van der Waals surface area contributed by atoms with Crippen LogP contribution in [0.1, 0.15) is 6.42 Å². The molecule has 6 heteroatoms. The number of anilines is 1. The smallest absolute Gasteiger partial charge is 0.321 e. The number of nitrogens with zero attached hydrogens (tertiary/aromatic N) is 1. The van der Waals surface area contributed by atoms with Crippen LogP contribution in [0.2, 0.25) is 0 Å². The molecule has 0 saturated carbocycles. The molecular formula is C13H20ClN3O2. The van der Waals surface area contributed by atoms with Crippen LogP contribution >= 0.6 is 12.4 Å². The van der Waals surface area contributed by atoms with Crippen molar-refractivity contribution in [3.05, 3.63) is 24.3 Å². The number of halogens is 1. The molecule has 19 heavy (non-hydrogen) atoms. The van der Waals surface area contributed by atoms with Crippen LogP contribution in [-0.2, 0) is 0 Å². The predicted molar refractivity (Wildman–Crippen MR) is 78.3 cm³/mol. The number of hydrogen-bond donors (Lipinski definition) is 2. The van der Waals surface area contributed by atoms with E-state index in [1.54, 1.807) is 7.11 Å². The standard InChI is InChI=1S/C13H19N3O2.ClH/c1-18-12-6-3-2-5-11(12)15-13(17)16-9-4-7-14-8-10-16;/h2-3,5-6,14H,4,7-10H2,1H3,(H,15,17);1H. The Hall–Kier alpha value is -1.46. The second kappa shape index (κ2) is 7.86. The number of para-hydroxylation sites is 2. The molecule has 1 fully saturated rings. The average molecular weight is 286 g/mol. The van der Waals surface area contributed by atoms with Crippen molar-refractivity contribution in [2.75, 3.05) is 38.6 Å². The van der Waals surface area contributed by atoms with Gasteiger partial charge in [-0.1, -0.05) is 12.1 Å². The zero-order chi connectivity index (χ0) is 12.8. The Labute approximate surface area is 119 Å². The lowest BCUT2D eigenvalue weighted by Crippen LogP contribution is -2.37. The van der Waals surface area contributed by atoms with Gasteiger partial charge in [0.1, 0.15) is 5.75 Å². The lowest BCUT2D eigenvalue weighted by molar-refractivity contribution is 0.215. The van der Waals surface area contributed by atoms with Crippen LogP contribution in [0.5, 0.6) is 5.75 Å². The minimum absolute atomic E-state index is 0. The molecule has 2 rings (SSSR count). The molecule has 0 spiro atoms. The minimum Gasteiger partial charge on any atom is -0.495 e. The van der Waals surface area contributed by atoms with Gasteiger partial charge in [-0.05, 0) is 25.1 Å². The molecule has 1 aromatic rings. The molecule has 0 bridgehead atoms.